The van der Waals surface area contributed by atoms with E-state index >= 15 is 0 Å². The van der Waals surface area contributed by atoms with Crippen molar-refractivity contribution < 1.29 is 0 Å². The fraction of sp³-hybridized carbons (Fsp3) is 0.0750. The van der Waals surface area contributed by atoms with Gasteiger partial charge in [0.05, 0.1) is 16.7 Å². The molecule has 0 atom stereocenters. The smallest absolute Gasteiger partial charge is 0.164 e. The zero-order valence-corrected chi connectivity index (χ0v) is 25.6. The number of benzene rings is 5. The molecule has 212 valence electrons. The molecule has 0 amide bonds. The monoisotopic (exact) mass is 594 g/mol. The fourth-order valence-corrected chi connectivity index (χ4v) is 8.85. The van der Waals surface area contributed by atoms with E-state index in [1.54, 1.807) is 0 Å². The van der Waals surface area contributed by atoms with E-state index in [4.69, 9.17) is 9.97 Å². The van der Waals surface area contributed by atoms with Crippen molar-refractivity contribution in [1.82, 2.24) is 19.5 Å². The van der Waals surface area contributed by atoms with Crippen LogP contribution in [0, 0.1) is 0 Å². The van der Waals surface area contributed by atoms with Gasteiger partial charge in [-0.05, 0) is 35.2 Å². The van der Waals surface area contributed by atoms with Crippen LogP contribution in [0.5, 0.6) is 0 Å². The van der Waals surface area contributed by atoms with Gasteiger partial charge in [0, 0.05) is 70.8 Å². The van der Waals surface area contributed by atoms with Crippen molar-refractivity contribution in [2.45, 2.75) is 19.3 Å². The third-order valence-corrected chi connectivity index (χ3v) is 10.8. The lowest BCUT2D eigenvalue weighted by molar-refractivity contribution is 0.656. The molecular weight excluding hydrogens is 569 g/mol. The van der Waals surface area contributed by atoms with Crippen LogP contribution in [-0.4, -0.2) is 19.5 Å². The van der Waals surface area contributed by atoms with Gasteiger partial charge in [-0.1, -0.05) is 98.8 Å². The first-order valence-corrected chi connectivity index (χ1v) is 16.1. The molecule has 0 N–H and O–H groups in total. The number of rotatable bonds is 2. The molecule has 0 saturated heterocycles. The number of hydrogen-bond donors (Lipinski definition) is 0. The molecule has 9 aromatic rings. The standard InChI is InChI=1S/C40H26N4S/c1-40(2)35-28(19-20-33-34(35)27-15-7-10-18-32(27)45-33)37-36(40)39(43-38(42-37)29-22-41-21-23-11-3-4-12-24(23)29)44-30-16-8-5-13-25(30)26-14-6-9-17-31(26)44/h3-22H,1-2H3. The Morgan fingerprint density at radius 1 is 0.578 bits per heavy atom. The maximum Gasteiger partial charge on any atom is 0.164 e. The summed E-state index contributed by atoms with van der Waals surface area (Å²) in [7, 11) is 0. The highest BCUT2D eigenvalue weighted by molar-refractivity contribution is 7.25. The normalized spacial score (nSPS) is 13.7. The molecule has 0 aliphatic heterocycles. The van der Waals surface area contributed by atoms with Crippen molar-refractivity contribution >= 4 is 64.1 Å². The van der Waals surface area contributed by atoms with Gasteiger partial charge < -0.3 is 0 Å². The summed E-state index contributed by atoms with van der Waals surface area (Å²) < 4.78 is 4.98. The average Bonchev–Trinajstić information content (AvgIpc) is 3.70. The first-order chi connectivity index (χ1) is 22.1. The third-order valence-electron chi connectivity index (χ3n) is 9.64. The van der Waals surface area contributed by atoms with Crippen molar-refractivity contribution in [3.63, 3.8) is 0 Å². The van der Waals surface area contributed by atoms with Crippen LogP contribution in [0.1, 0.15) is 25.0 Å². The van der Waals surface area contributed by atoms with Crippen molar-refractivity contribution in [2.75, 3.05) is 0 Å². The van der Waals surface area contributed by atoms with Crippen LogP contribution in [0.15, 0.2) is 122 Å². The molecule has 1 aliphatic carbocycles. The minimum atomic E-state index is -0.356. The van der Waals surface area contributed by atoms with Gasteiger partial charge in [0.25, 0.3) is 0 Å². The first kappa shape index (κ1) is 25.0. The van der Waals surface area contributed by atoms with E-state index in [-0.39, 0.29) is 5.41 Å². The molecule has 0 radical (unpaired) electrons. The zero-order chi connectivity index (χ0) is 29.9. The maximum atomic E-state index is 5.53. The molecule has 4 aromatic heterocycles. The second-order valence-electron chi connectivity index (χ2n) is 12.5. The number of pyridine rings is 1. The largest absolute Gasteiger partial charge is 0.293 e. The Hall–Kier alpha value is -5.39. The van der Waals surface area contributed by atoms with Crippen LogP contribution < -0.4 is 0 Å². The van der Waals surface area contributed by atoms with Crippen LogP contribution in [0.3, 0.4) is 0 Å². The molecule has 4 nitrogen and oxygen atoms in total. The molecule has 0 spiro atoms. The van der Waals surface area contributed by atoms with Crippen molar-refractivity contribution in [3.8, 4) is 28.5 Å². The number of hydrogen-bond acceptors (Lipinski definition) is 4. The Balaban J connectivity index is 1.39. The van der Waals surface area contributed by atoms with E-state index in [1.807, 2.05) is 23.7 Å². The predicted molar refractivity (Wildman–Crippen MR) is 188 cm³/mol. The van der Waals surface area contributed by atoms with Crippen molar-refractivity contribution in [2.24, 2.45) is 0 Å². The number of para-hydroxylation sites is 2. The van der Waals surface area contributed by atoms with E-state index in [9.17, 15) is 0 Å². The molecule has 0 unspecified atom stereocenters. The second-order valence-corrected chi connectivity index (χ2v) is 13.5. The topological polar surface area (TPSA) is 43.6 Å². The summed E-state index contributed by atoms with van der Waals surface area (Å²) in [5.41, 5.74) is 7.53. The highest BCUT2D eigenvalue weighted by Gasteiger charge is 2.43. The lowest BCUT2D eigenvalue weighted by Gasteiger charge is -2.25. The molecule has 5 aromatic carbocycles. The summed E-state index contributed by atoms with van der Waals surface area (Å²) >= 11 is 1.86. The third kappa shape index (κ3) is 3.28. The van der Waals surface area contributed by atoms with Gasteiger partial charge in [0.1, 0.15) is 5.82 Å². The van der Waals surface area contributed by atoms with Gasteiger partial charge in [-0.15, -0.1) is 11.3 Å². The van der Waals surface area contributed by atoms with E-state index in [0.717, 1.165) is 44.4 Å². The number of fused-ring (bicyclic) bond motifs is 11. The van der Waals surface area contributed by atoms with Gasteiger partial charge in [-0.25, -0.2) is 9.97 Å². The molecule has 5 heteroatoms. The Kier molecular flexibility index (Phi) is 4.91. The Morgan fingerprint density at radius 3 is 2.02 bits per heavy atom. The predicted octanol–water partition coefficient (Wildman–Crippen LogP) is 10.5. The Morgan fingerprint density at radius 2 is 1.24 bits per heavy atom. The fourth-order valence-electron chi connectivity index (χ4n) is 7.74. The lowest BCUT2D eigenvalue weighted by atomic mass is 9.80. The van der Waals surface area contributed by atoms with Crippen LogP contribution in [0.4, 0.5) is 0 Å². The van der Waals surface area contributed by atoms with Crippen LogP contribution in [0.25, 0.3) is 81.2 Å². The number of nitrogens with zero attached hydrogens (tertiary/aromatic N) is 4. The van der Waals surface area contributed by atoms with Gasteiger partial charge in [-0.3, -0.25) is 9.55 Å². The quantitative estimate of drug-likeness (QED) is 0.200. The van der Waals surface area contributed by atoms with E-state index in [1.165, 1.54) is 42.1 Å². The van der Waals surface area contributed by atoms with Crippen molar-refractivity contribution in [1.29, 1.82) is 0 Å². The Bertz CT molecular complexity index is 2640. The van der Waals surface area contributed by atoms with E-state index in [2.05, 4.69) is 133 Å². The summed E-state index contributed by atoms with van der Waals surface area (Å²) in [6, 6.07) is 39.0. The zero-order valence-electron chi connectivity index (χ0n) is 24.7. The molecule has 10 rings (SSSR count). The SMILES string of the molecule is CC1(C)c2c(nc(-c3cncc4ccccc34)nc2-n2c3ccccc3c3ccccc32)-c2ccc3sc4ccccc4c3c21. The lowest BCUT2D eigenvalue weighted by Crippen LogP contribution is -2.20. The average molecular weight is 595 g/mol. The molecule has 0 fully saturated rings. The minimum Gasteiger partial charge on any atom is -0.293 e. The molecule has 0 bridgehead atoms. The summed E-state index contributed by atoms with van der Waals surface area (Å²) in [4.78, 5) is 15.6. The molecule has 4 heterocycles. The van der Waals surface area contributed by atoms with Crippen LogP contribution in [-0.2, 0) is 5.41 Å². The number of thiophene rings is 1. The molecular formula is C40H26N4S. The second kappa shape index (κ2) is 8.84. The van der Waals surface area contributed by atoms with E-state index < -0.39 is 0 Å². The molecule has 1 aliphatic rings. The highest BCUT2D eigenvalue weighted by Crippen LogP contribution is 2.55. The van der Waals surface area contributed by atoms with Gasteiger partial charge in [0.2, 0.25) is 0 Å². The van der Waals surface area contributed by atoms with Gasteiger partial charge in [0.15, 0.2) is 5.82 Å². The number of aromatic nitrogens is 4. The highest BCUT2D eigenvalue weighted by atomic mass is 32.1. The first-order valence-electron chi connectivity index (χ1n) is 15.3. The van der Waals surface area contributed by atoms with Gasteiger partial charge >= 0.3 is 0 Å². The molecule has 45 heavy (non-hydrogen) atoms. The molecule has 0 saturated carbocycles. The van der Waals surface area contributed by atoms with E-state index in [0.29, 0.717) is 5.82 Å². The summed E-state index contributed by atoms with van der Waals surface area (Å²) in [6.07, 6.45) is 3.83. The summed E-state index contributed by atoms with van der Waals surface area (Å²) in [5, 5.41) is 7.24. The van der Waals surface area contributed by atoms with Gasteiger partial charge in [-0.2, -0.15) is 0 Å². The Labute approximate surface area is 263 Å². The summed E-state index contributed by atoms with van der Waals surface area (Å²) in [6.45, 7) is 4.70. The summed E-state index contributed by atoms with van der Waals surface area (Å²) in [5.74, 6) is 1.61. The minimum absolute atomic E-state index is 0.356. The van der Waals surface area contributed by atoms with Crippen molar-refractivity contribution in [3.05, 3.63) is 133 Å². The van der Waals surface area contributed by atoms with Crippen LogP contribution in [0.2, 0.25) is 0 Å². The maximum absolute atomic E-state index is 5.53. The van der Waals surface area contributed by atoms with Crippen LogP contribution >= 0.6 is 11.3 Å².